The molecule has 2 atom stereocenters. The third-order valence-electron chi connectivity index (χ3n) is 13.0. The molecule has 0 aromatic heterocycles. The molecule has 0 aliphatic carbocycles. The topological polar surface area (TPSA) is 95.9 Å². The monoisotopic (exact) mass is 888 g/mol. The number of allylic oxidation sites excluding steroid dienone is 4. The fourth-order valence-corrected chi connectivity index (χ4v) is 8.63. The maximum atomic E-state index is 12.5. The van der Waals surface area contributed by atoms with Gasteiger partial charge in [0.05, 0.1) is 25.4 Å². The summed E-state index contributed by atoms with van der Waals surface area (Å²) in [7, 11) is 0. The Morgan fingerprint density at radius 1 is 0.429 bits per heavy atom. The standard InChI is InChI=1S/C57H109NO5/c1-3-5-7-9-11-13-15-17-22-26-29-33-37-41-45-49-55(60)54(53-59)58-56(61)50-46-42-38-34-30-27-23-20-18-19-21-24-28-32-36-40-44-48-52-63-57(62)51-47-43-39-35-31-25-16-14-12-10-8-6-4-2/h14,16,20,23,54-55,59-60H,3-13,15,17-19,21-22,24-53H2,1-2H3,(H,58,61)/b16-14-,23-20-. The minimum absolute atomic E-state index is 0.00623. The fraction of sp³-hybridized carbons (Fsp3) is 0.895. The number of carbonyl (C=O) groups is 2. The number of esters is 1. The summed E-state index contributed by atoms with van der Waals surface area (Å²) >= 11 is 0. The first-order chi connectivity index (χ1) is 31.0. The highest BCUT2D eigenvalue weighted by atomic mass is 16.5. The zero-order valence-electron chi connectivity index (χ0n) is 42.3. The number of nitrogens with one attached hydrogen (secondary N) is 1. The van der Waals surface area contributed by atoms with Crippen molar-refractivity contribution in [2.24, 2.45) is 0 Å². The minimum Gasteiger partial charge on any atom is -0.466 e. The van der Waals surface area contributed by atoms with E-state index in [2.05, 4.69) is 43.5 Å². The van der Waals surface area contributed by atoms with Gasteiger partial charge >= 0.3 is 5.97 Å². The average Bonchev–Trinajstić information content (AvgIpc) is 3.28. The summed E-state index contributed by atoms with van der Waals surface area (Å²) < 4.78 is 5.46. The summed E-state index contributed by atoms with van der Waals surface area (Å²) in [4.78, 5) is 24.5. The largest absolute Gasteiger partial charge is 0.466 e. The summed E-state index contributed by atoms with van der Waals surface area (Å²) in [6.45, 7) is 4.93. The molecule has 3 N–H and O–H groups in total. The minimum atomic E-state index is -0.672. The van der Waals surface area contributed by atoms with E-state index < -0.39 is 12.1 Å². The van der Waals surface area contributed by atoms with Crippen molar-refractivity contribution in [3.63, 3.8) is 0 Å². The molecule has 0 aromatic carbocycles. The van der Waals surface area contributed by atoms with Crippen LogP contribution in [0.4, 0.5) is 0 Å². The molecule has 0 aromatic rings. The number of hydrogen-bond acceptors (Lipinski definition) is 5. The van der Waals surface area contributed by atoms with Crippen molar-refractivity contribution in [3.05, 3.63) is 24.3 Å². The Balaban J connectivity index is 3.45. The van der Waals surface area contributed by atoms with Crippen molar-refractivity contribution in [2.75, 3.05) is 13.2 Å². The molecule has 0 heterocycles. The van der Waals surface area contributed by atoms with Crippen molar-refractivity contribution < 1.29 is 24.5 Å². The molecule has 63 heavy (non-hydrogen) atoms. The average molecular weight is 889 g/mol. The first-order valence-corrected chi connectivity index (χ1v) is 28.1. The number of rotatable bonds is 52. The van der Waals surface area contributed by atoms with E-state index >= 15 is 0 Å². The number of aliphatic hydroxyl groups is 2. The predicted molar refractivity (Wildman–Crippen MR) is 273 cm³/mol. The molecule has 0 aliphatic rings. The van der Waals surface area contributed by atoms with E-state index in [4.69, 9.17) is 4.74 Å². The Morgan fingerprint density at radius 2 is 0.746 bits per heavy atom. The molecule has 6 heteroatoms. The van der Waals surface area contributed by atoms with Gasteiger partial charge in [-0.2, -0.15) is 0 Å². The van der Waals surface area contributed by atoms with Crippen LogP contribution in [0, 0.1) is 0 Å². The van der Waals surface area contributed by atoms with Gasteiger partial charge in [0.1, 0.15) is 0 Å². The maximum absolute atomic E-state index is 12.5. The van der Waals surface area contributed by atoms with Crippen LogP contribution in [0.1, 0.15) is 303 Å². The molecule has 2 unspecified atom stereocenters. The molecule has 6 nitrogen and oxygen atoms in total. The van der Waals surface area contributed by atoms with Gasteiger partial charge in [-0.05, 0) is 77.0 Å². The summed E-state index contributed by atoms with van der Waals surface area (Å²) in [5, 5.41) is 23.2. The van der Waals surface area contributed by atoms with Crippen molar-refractivity contribution in [2.45, 2.75) is 315 Å². The molecule has 0 spiro atoms. The van der Waals surface area contributed by atoms with E-state index in [1.807, 2.05) is 0 Å². The Bertz CT molecular complexity index is 982. The van der Waals surface area contributed by atoms with Crippen LogP contribution in [0.15, 0.2) is 24.3 Å². The first kappa shape index (κ1) is 61.3. The molecule has 0 aliphatic heterocycles. The highest BCUT2D eigenvalue weighted by Gasteiger charge is 2.20. The number of amides is 1. The lowest BCUT2D eigenvalue weighted by Crippen LogP contribution is -2.45. The van der Waals surface area contributed by atoms with Gasteiger partial charge in [0.25, 0.3) is 0 Å². The normalized spacial score (nSPS) is 12.8. The first-order valence-electron chi connectivity index (χ1n) is 28.1. The Hall–Kier alpha value is -1.66. The van der Waals surface area contributed by atoms with Gasteiger partial charge in [-0.15, -0.1) is 0 Å². The third-order valence-corrected chi connectivity index (χ3v) is 13.0. The highest BCUT2D eigenvalue weighted by Crippen LogP contribution is 2.16. The second-order valence-corrected chi connectivity index (χ2v) is 19.3. The third kappa shape index (κ3) is 49.6. The van der Waals surface area contributed by atoms with Crippen molar-refractivity contribution in [3.8, 4) is 0 Å². The van der Waals surface area contributed by atoms with Crippen molar-refractivity contribution in [1.82, 2.24) is 5.32 Å². The molecule has 372 valence electrons. The van der Waals surface area contributed by atoms with E-state index in [9.17, 15) is 19.8 Å². The fourth-order valence-electron chi connectivity index (χ4n) is 8.63. The smallest absolute Gasteiger partial charge is 0.305 e. The van der Waals surface area contributed by atoms with Crippen LogP contribution in [-0.4, -0.2) is 47.4 Å². The summed E-state index contributed by atoms with van der Waals surface area (Å²) in [6.07, 6.45) is 63.0. The van der Waals surface area contributed by atoms with Crippen molar-refractivity contribution >= 4 is 11.9 Å². The number of ether oxygens (including phenoxy) is 1. The lowest BCUT2D eigenvalue weighted by Gasteiger charge is -2.22. The molecule has 0 rings (SSSR count). The molecule has 1 amide bonds. The number of carbonyl (C=O) groups excluding carboxylic acids is 2. The molecule has 0 bridgehead atoms. The lowest BCUT2D eigenvalue weighted by atomic mass is 10.0. The molecule has 0 radical (unpaired) electrons. The van der Waals surface area contributed by atoms with Crippen LogP contribution in [-0.2, 0) is 14.3 Å². The second kappa shape index (κ2) is 53.0. The SMILES string of the molecule is CCCCCC/C=C\CCCCCCCC(=O)OCCCCCCCCCCC/C=C\CCCCCCCC(=O)NC(CO)C(O)CCCCCCCCCCCCCCCCC. The molecular weight excluding hydrogens is 779 g/mol. The summed E-state index contributed by atoms with van der Waals surface area (Å²) in [6, 6.07) is -0.551. The van der Waals surface area contributed by atoms with Crippen LogP contribution < -0.4 is 5.32 Å². The number of aliphatic hydroxyl groups excluding tert-OH is 2. The van der Waals surface area contributed by atoms with E-state index in [1.165, 1.54) is 212 Å². The van der Waals surface area contributed by atoms with Crippen LogP contribution in [0.25, 0.3) is 0 Å². The van der Waals surface area contributed by atoms with Gasteiger partial charge < -0.3 is 20.3 Å². The molecule has 0 saturated carbocycles. The van der Waals surface area contributed by atoms with Gasteiger partial charge in [0.2, 0.25) is 5.91 Å². The number of unbranched alkanes of at least 4 members (excludes halogenated alkanes) is 37. The number of hydrogen-bond donors (Lipinski definition) is 3. The van der Waals surface area contributed by atoms with E-state index in [-0.39, 0.29) is 18.5 Å². The zero-order chi connectivity index (χ0) is 45.8. The van der Waals surface area contributed by atoms with Crippen LogP contribution >= 0.6 is 0 Å². The quantitative estimate of drug-likeness (QED) is 0.0321. The lowest BCUT2D eigenvalue weighted by molar-refractivity contribution is -0.143. The van der Waals surface area contributed by atoms with E-state index in [1.54, 1.807) is 0 Å². The van der Waals surface area contributed by atoms with Crippen LogP contribution in [0.3, 0.4) is 0 Å². The van der Waals surface area contributed by atoms with Crippen LogP contribution in [0.2, 0.25) is 0 Å². The molecule has 0 fully saturated rings. The van der Waals surface area contributed by atoms with Gasteiger partial charge in [0, 0.05) is 12.8 Å². The Labute approximate surface area is 392 Å². The van der Waals surface area contributed by atoms with Gasteiger partial charge in [-0.1, -0.05) is 237 Å². The highest BCUT2D eigenvalue weighted by molar-refractivity contribution is 5.76. The van der Waals surface area contributed by atoms with Crippen molar-refractivity contribution in [1.29, 1.82) is 0 Å². The molecule has 0 saturated heterocycles. The Kier molecular flexibility index (Phi) is 51.6. The maximum Gasteiger partial charge on any atom is 0.305 e. The van der Waals surface area contributed by atoms with Gasteiger partial charge in [-0.25, -0.2) is 0 Å². The Morgan fingerprint density at radius 3 is 1.14 bits per heavy atom. The summed E-state index contributed by atoms with van der Waals surface area (Å²) in [5.74, 6) is -0.0547. The van der Waals surface area contributed by atoms with Crippen LogP contribution in [0.5, 0.6) is 0 Å². The van der Waals surface area contributed by atoms with Gasteiger partial charge in [0.15, 0.2) is 0 Å². The summed E-state index contributed by atoms with van der Waals surface area (Å²) in [5.41, 5.74) is 0. The predicted octanol–water partition coefficient (Wildman–Crippen LogP) is 17.1. The molecular formula is C57H109NO5. The zero-order valence-corrected chi connectivity index (χ0v) is 42.3. The van der Waals surface area contributed by atoms with Gasteiger partial charge in [-0.3, -0.25) is 9.59 Å². The van der Waals surface area contributed by atoms with E-state index in [0.717, 1.165) is 57.8 Å². The van der Waals surface area contributed by atoms with E-state index in [0.29, 0.717) is 25.9 Å². The second-order valence-electron chi connectivity index (χ2n) is 19.3.